The molecule has 0 bridgehead atoms. The van der Waals surface area contributed by atoms with Crippen LogP contribution in [0.4, 0.5) is 0 Å². The van der Waals surface area contributed by atoms with Gasteiger partial charge >= 0.3 is 0 Å². The molecular weight excluding hydrogens is 412 g/mol. The summed E-state index contributed by atoms with van der Waals surface area (Å²) < 4.78 is 1.89. The van der Waals surface area contributed by atoms with Gasteiger partial charge in [0.25, 0.3) is 0 Å². The van der Waals surface area contributed by atoms with Crippen molar-refractivity contribution in [3.63, 3.8) is 0 Å². The van der Waals surface area contributed by atoms with Gasteiger partial charge in [-0.1, -0.05) is 31.0 Å². The van der Waals surface area contributed by atoms with Gasteiger partial charge in [-0.05, 0) is 60.2 Å². The van der Waals surface area contributed by atoms with Crippen molar-refractivity contribution in [3.8, 4) is 33.8 Å². The highest BCUT2D eigenvalue weighted by Gasteiger charge is 2.23. The Morgan fingerprint density at radius 2 is 1.82 bits per heavy atom. The lowest BCUT2D eigenvalue weighted by atomic mass is 9.89. The van der Waals surface area contributed by atoms with Gasteiger partial charge in [0.15, 0.2) is 0 Å². The molecule has 1 saturated carbocycles. The number of aromatic nitrogens is 8. The highest BCUT2D eigenvalue weighted by Crippen LogP contribution is 2.41. The summed E-state index contributed by atoms with van der Waals surface area (Å²) in [4.78, 5) is 9.26. The lowest BCUT2D eigenvalue weighted by molar-refractivity contribution is 0.724. The third-order valence-electron chi connectivity index (χ3n) is 6.89. The van der Waals surface area contributed by atoms with Crippen LogP contribution in [-0.4, -0.2) is 40.4 Å². The molecule has 8 nitrogen and oxygen atoms in total. The van der Waals surface area contributed by atoms with E-state index in [2.05, 4.69) is 79.0 Å². The van der Waals surface area contributed by atoms with E-state index in [1.807, 2.05) is 17.9 Å². The zero-order valence-corrected chi connectivity index (χ0v) is 18.7. The molecule has 0 spiro atoms. The summed E-state index contributed by atoms with van der Waals surface area (Å²) >= 11 is 0. The second kappa shape index (κ2) is 7.88. The molecule has 0 radical (unpaired) electrons. The summed E-state index contributed by atoms with van der Waals surface area (Å²) in [5.74, 6) is 1.15. The lowest BCUT2D eigenvalue weighted by Gasteiger charge is -2.16. The van der Waals surface area contributed by atoms with Crippen LogP contribution < -0.4 is 0 Å². The Bertz CT molecular complexity index is 1450. The first kappa shape index (κ1) is 19.7. The molecule has 0 saturated heterocycles. The summed E-state index contributed by atoms with van der Waals surface area (Å²) in [5.41, 5.74) is 8.62. The Balaban J connectivity index is 1.47. The molecule has 1 aliphatic rings. The van der Waals surface area contributed by atoms with Gasteiger partial charge in [0.1, 0.15) is 6.33 Å². The van der Waals surface area contributed by atoms with E-state index in [1.54, 1.807) is 6.33 Å². The molecule has 5 aromatic rings. The first-order chi connectivity index (χ1) is 16.2. The summed E-state index contributed by atoms with van der Waals surface area (Å²) in [7, 11) is 1.96. The molecule has 0 unspecified atom stereocenters. The van der Waals surface area contributed by atoms with Gasteiger partial charge in [-0.2, -0.15) is 10.3 Å². The van der Waals surface area contributed by atoms with Crippen LogP contribution in [0.25, 0.3) is 44.7 Å². The second-order valence-corrected chi connectivity index (χ2v) is 8.74. The monoisotopic (exact) mass is 436 g/mol. The molecule has 164 valence electrons. The van der Waals surface area contributed by atoms with Gasteiger partial charge in [-0.15, -0.1) is 10.2 Å². The number of aromatic amines is 1. The minimum Gasteiger partial charge on any atom is -0.272 e. The van der Waals surface area contributed by atoms with Crippen LogP contribution in [0, 0.1) is 6.92 Å². The average molecular weight is 437 g/mol. The number of hydrogen-bond donors (Lipinski definition) is 1. The van der Waals surface area contributed by atoms with E-state index in [4.69, 9.17) is 0 Å². The fourth-order valence-corrected chi connectivity index (χ4v) is 5.00. The molecule has 0 aliphatic heterocycles. The number of nitrogens with zero attached hydrogens (tertiary/aromatic N) is 7. The van der Waals surface area contributed by atoms with Crippen LogP contribution in [0.5, 0.6) is 0 Å². The first-order valence-corrected chi connectivity index (χ1v) is 11.3. The van der Waals surface area contributed by atoms with Crippen molar-refractivity contribution in [1.82, 2.24) is 40.4 Å². The quantitative estimate of drug-likeness (QED) is 0.433. The van der Waals surface area contributed by atoms with Gasteiger partial charge in [0.05, 0.1) is 17.4 Å². The minimum absolute atomic E-state index is 0.506. The molecule has 8 heteroatoms. The normalized spacial score (nSPS) is 14.4. The second-order valence-electron chi connectivity index (χ2n) is 8.74. The maximum absolute atomic E-state index is 4.68. The molecule has 1 aliphatic carbocycles. The van der Waals surface area contributed by atoms with Crippen LogP contribution in [0.1, 0.15) is 42.9 Å². The Morgan fingerprint density at radius 3 is 2.58 bits per heavy atom. The fraction of sp³-hybridized carbons (Fsp3) is 0.280. The molecule has 33 heavy (non-hydrogen) atoms. The molecule has 2 aromatic carbocycles. The van der Waals surface area contributed by atoms with Crippen molar-refractivity contribution in [1.29, 1.82) is 0 Å². The number of fused-ring (bicyclic) bond motifs is 1. The largest absolute Gasteiger partial charge is 0.272 e. The molecule has 0 amide bonds. The number of tetrazole rings is 1. The maximum Gasteiger partial charge on any atom is 0.204 e. The predicted molar refractivity (Wildman–Crippen MR) is 126 cm³/mol. The summed E-state index contributed by atoms with van der Waals surface area (Å²) in [6.07, 6.45) is 8.45. The third-order valence-corrected chi connectivity index (χ3v) is 6.89. The number of aryl methyl sites for hydroxylation is 1. The number of rotatable bonds is 4. The first-order valence-electron chi connectivity index (χ1n) is 11.3. The maximum atomic E-state index is 4.68. The van der Waals surface area contributed by atoms with Gasteiger partial charge in [-0.25, -0.2) is 9.97 Å². The van der Waals surface area contributed by atoms with Crippen molar-refractivity contribution in [2.24, 2.45) is 7.05 Å². The van der Waals surface area contributed by atoms with Crippen LogP contribution in [0.3, 0.4) is 0 Å². The fourth-order valence-electron chi connectivity index (χ4n) is 5.00. The average Bonchev–Trinajstić information content (AvgIpc) is 3.62. The Morgan fingerprint density at radius 1 is 0.970 bits per heavy atom. The van der Waals surface area contributed by atoms with Crippen molar-refractivity contribution >= 4 is 10.9 Å². The summed E-state index contributed by atoms with van der Waals surface area (Å²) in [6, 6.07) is 12.8. The Labute approximate surface area is 191 Å². The molecule has 3 heterocycles. The Hall–Kier alpha value is -3.94. The molecule has 6 rings (SSSR count). The smallest absolute Gasteiger partial charge is 0.204 e. The van der Waals surface area contributed by atoms with Crippen LogP contribution in [-0.2, 0) is 7.05 Å². The number of nitrogens with one attached hydrogen (secondary N) is 1. The van der Waals surface area contributed by atoms with Crippen molar-refractivity contribution < 1.29 is 0 Å². The molecule has 3 aromatic heterocycles. The van der Waals surface area contributed by atoms with Crippen molar-refractivity contribution in [2.45, 2.75) is 38.5 Å². The van der Waals surface area contributed by atoms with Gasteiger partial charge in [-0.3, -0.25) is 4.68 Å². The molecule has 1 N–H and O–H groups in total. The molecule has 1 fully saturated rings. The number of hydrogen-bond acceptors (Lipinski definition) is 6. The van der Waals surface area contributed by atoms with Crippen LogP contribution in [0.2, 0.25) is 0 Å². The van der Waals surface area contributed by atoms with E-state index in [9.17, 15) is 0 Å². The molecule has 0 atom stereocenters. The highest BCUT2D eigenvalue weighted by molar-refractivity contribution is 5.95. The van der Waals surface area contributed by atoms with Crippen LogP contribution >= 0.6 is 0 Å². The number of benzene rings is 2. The van der Waals surface area contributed by atoms with E-state index in [1.165, 1.54) is 31.2 Å². The molecular formula is C25H24N8. The van der Waals surface area contributed by atoms with Crippen LogP contribution in [0.15, 0.2) is 48.9 Å². The van der Waals surface area contributed by atoms with Gasteiger partial charge in [0, 0.05) is 34.8 Å². The highest BCUT2D eigenvalue weighted by atomic mass is 15.5. The van der Waals surface area contributed by atoms with E-state index in [-0.39, 0.29) is 0 Å². The summed E-state index contributed by atoms with van der Waals surface area (Å²) in [6.45, 7) is 2.08. The van der Waals surface area contributed by atoms with Crippen molar-refractivity contribution in [3.05, 3.63) is 60.2 Å². The number of H-pyrrole nitrogens is 1. The minimum atomic E-state index is 0.506. The van der Waals surface area contributed by atoms with E-state index in [0.29, 0.717) is 11.7 Å². The lowest BCUT2D eigenvalue weighted by Crippen LogP contribution is -1.99. The standard InChI is InChI=1S/C25H24N8/c1-15-22(13-28-33(15)2)17-7-10-20-23(12-17)26-14-27-24(20)18-8-9-19(25-29-31-32-30-25)21(11-18)16-5-3-4-6-16/h7-14,16H,3-6H2,1-2H3,(H,29,30,31,32). The van der Waals surface area contributed by atoms with Crippen molar-refractivity contribution in [2.75, 3.05) is 0 Å². The van der Waals surface area contributed by atoms with E-state index < -0.39 is 0 Å². The van der Waals surface area contributed by atoms with Gasteiger partial charge in [0.2, 0.25) is 5.82 Å². The van der Waals surface area contributed by atoms with E-state index in [0.717, 1.165) is 44.5 Å². The predicted octanol–water partition coefficient (Wildman–Crippen LogP) is 4.84. The Kier molecular flexibility index (Phi) is 4.71. The SMILES string of the molecule is Cc1c(-c2ccc3c(-c4ccc(-c5nn[nH]n5)c(C5CCCC5)c4)ncnc3c2)cnn1C. The van der Waals surface area contributed by atoms with E-state index >= 15 is 0 Å². The summed E-state index contributed by atoms with van der Waals surface area (Å²) in [5, 5.41) is 20.2. The topological polar surface area (TPSA) is 98.1 Å². The zero-order chi connectivity index (χ0) is 22.4. The van der Waals surface area contributed by atoms with Gasteiger partial charge < -0.3 is 0 Å². The zero-order valence-electron chi connectivity index (χ0n) is 18.7. The third kappa shape index (κ3) is 3.38.